The van der Waals surface area contributed by atoms with E-state index in [0.29, 0.717) is 10.9 Å². The van der Waals surface area contributed by atoms with E-state index in [1.165, 1.54) is 12.3 Å². The van der Waals surface area contributed by atoms with Crippen molar-refractivity contribution in [2.75, 3.05) is 0 Å². The van der Waals surface area contributed by atoms with Gasteiger partial charge in [0.2, 0.25) is 0 Å². The molecule has 0 aliphatic carbocycles. The smallest absolute Gasteiger partial charge is 0.258 e. The van der Waals surface area contributed by atoms with Crippen molar-refractivity contribution in [1.29, 1.82) is 0 Å². The van der Waals surface area contributed by atoms with Crippen LogP contribution >= 0.6 is 11.8 Å². The van der Waals surface area contributed by atoms with Crippen molar-refractivity contribution in [2.24, 2.45) is 0 Å². The van der Waals surface area contributed by atoms with Gasteiger partial charge >= 0.3 is 0 Å². The summed E-state index contributed by atoms with van der Waals surface area (Å²) in [5.41, 5.74) is 0.556. The summed E-state index contributed by atoms with van der Waals surface area (Å²) in [4.78, 5) is 10.1. The lowest BCUT2D eigenvalue weighted by molar-refractivity contribution is -0.383. The number of rotatable bonds is 1. The van der Waals surface area contributed by atoms with Crippen LogP contribution in [0.5, 0.6) is 0 Å². The monoisotopic (exact) mass is 197 g/mol. The van der Waals surface area contributed by atoms with E-state index >= 15 is 0 Å². The Balaban J connectivity index is 2.84. The predicted molar refractivity (Wildman–Crippen MR) is 47.6 cm³/mol. The lowest BCUT2D eigenvalue weighted by Crippen LogP contribution is -1.88. The summed E-state index contributed by atoms with van der Waals surface area (Å²) in [6, 6.07) is 4.66. The Morgan fingerprint density at radius 2 is 2.31 bits per heavy atom. The molecule has 0 unspecified atom stereocenters. The van der Waals surface area contributed by atoms with E-state index in [1.54, 1.807) is 12.1 Å². The Labute approximate surface area is 77.8 Å². The van der Waals surface area contributed by atoms with Crippen molar-refractivity contribution in [3.63, 3.8) is 0 Å². The van der Waals surface area contributed by atoms with Gasteiger partial charge in [0.05, 0.1) is 22.0 Å². The highest BCUT2D eigenvalue weighted by molar-refractivity contribution is 6.18. The maximum atomic E-state index is 10.5. The normalized spacial score (nSPS) is 10.5. The molecule has 1 aromatic carbocycles. The van der Waals surface area contributed by atoms with Crippen LogP contribution in [0.15, 0.2) is 24.4 Å². The van der Waals surface area contributed by atoms with E-state index in [4.69, 9.17) is 11.8 Å². The Hall–Kier alpha value is -1.62. The quantitative estimate of drug-likeness (QED) is 0.519. The van der Waals surface area contributed by atoms with Crippen LogP contribution in [0.25, 0.3) is 10.9 Å². The molecule has 2 rings (SSSR count). The third-order valence-corrected chi connectivity index (χ3v) is 2.01. The Kier molecular flexibility index (Phi) is 1.66. The molecule has 2 aromatic rings. The fourth-order valence-corrected chi connectivity index (χ4v) is 1.36. The summed E-state index contributed by atoms with van der Waals surface area (Å²) in [6.45, 7) is 0. The molecule has 0 saturated carbocycles. The molecule has 13 heavy (non-hydrogen) atoms. The van der Waals surface area contributed by atoms with Crippen molar-refractivity contribution in [1.82, 2.24) is 9.30 Å². The van der Waals surface area contributed by atoms with E-state index < -0.39 is 4.92 Å². The van der Waals surface area contributed by atoms with Gasteiger partial charge in [-0.05, 0) is 6.07 Å². The van der Waals surface area contributed by atoms with Gasteiger partial charge in [0, 0.05) is 17.8 Å². The van der Waals surface area contributed by atoms with Gasteiger partial charge in [0.25, 0.3) is 5.69 Å². The molecule has 0 spiro atoms. The topological polar surface area (TPSA) is 61.0 Å². The van der Waals surface area contributed by atoms with Gasteiger partial charge in [-0.1, -0.05) is 6.07 Å². The second kappa shape index (κ2) is 2.70. The minimum absolute atomic E-state index is 0.0180. The van der Waals surface area contributed by atoms with Gasteiger partial charge < -0.3 is 0 Å². The van der Waals surface area contributed by atoms with Crippen LogP contribution < -0.4 is 0 Å². The lowest BCUT2D eigenvalue weighted by atomic mass is 10.2. The molecule has 66 valence electrons. The highest BCUT2D eigenvalue weighted by Gasteiger charge is 2.13. The number of aromatic nitrogens is 2. The Morgan fingerprint density at radius 1 is 1.54 bits per heavy atom. The minimum atomic E-state index is -0.457. The second-order valence-electron chi connectivity index (χ2n) is 2.47. The SMILES string of the molecule is O=[N+]([O-])c1cccc2c1cnn2Cl. The minimum Gasteiger partial charge on any atom is -0.258 e. The standard InChI is InChI=1S/C7H4ClN3O2/c8-10-6-2-1-3-7(11(12)13)5(6)4-9-10/h1-4H. The van der Waals surface area contributed by atoms with Gasteiger partial charge in [0.15, 0.2) is 0 Å². The number of hydrogen-bond acceptors (Lipinski definition) is 3. The number of hydrogen-bond donors (Lipinski definition) is 0. The molecule has 0 bridgehead atoms. The molecule has 1 aromatic heterocycles. The second-order valence-corrected chi connectivity index (χ2v) is 2.79. The summed E-state index contributed by atoms with van der Waals surface area (Å²) in [5.74, 6) is 0. The highest BCUT2D eigenvalue weighted by Crippen LogP contribution is 2.24. The largest absolute Gasteiger partial charge is 0.280 e. The molecule has 0 aliphatic heterocycles. The van der Waals surface area contributed by atoms with Crippen LogP contribution in [0, 0.1) is 10.1 Å². The molecular weight excluding hydrogens is 194 g/mol. The first-order valence-corrected chi connectivity index (χ1v) is 3.81. The molecular formula is C7H4ClN3O2. The van der Waals surface area contributed by atoms with Crippen LogP contribution in [-0.2, 0) is 0 Å². The number of non-ortho nitro benzene ring substituents is 1. The zero-order valence-electron chi connectivity index (χ0n) is 6.35. The fraction of sp³-hybridized carbons (Fsp3) is 0. The molecule has 0 saturated heterocycles. The van der Waals surface area contributed by atoms with Gasteiger partial charge in [-0.3, -0.25) is 10.1 Å². The predicted octanol–water partition coefficient (Wildman–Crippen LogP) is 1.95. The third-order valence-electron chi connectivity index (χ3n) is 1.74. The molecule has 0 aliphatic rings. The number of benzene rings is 1. The van der Waals surface area contributed by atoms with Crippen LogP contribution in [-0.4, -0.2) is 14.2 Å². The van der Waals surface area contributed by atoms with E-state index in [1.807, 2.05) is 0 Å². The van der Waals surface area contributed by atoms with Gasteiger partial charge in [-0.25, -0.2) is 0 Å². The van der Waals surface area contributed by atoms with Crippen LogP contribution in [0.4, 0.5) is 5.69 Å². The van der Waals surface area contributed by atoms with Gasteiger partial charge in [0.1, 0.15) is 0 Å². The van der Waals surface area contributed by atoms with Crippen LogP contribution in [0.3, 0.4) is 0 Å². The van der Waals surface area contributed by atoms with Gasteiger partial charge in [-0.2, -0.15) is 9.30 Å². The molecule has 6 heteroatoms. The molecule has 0 radical (unpaired) electrons. The fourth-order valence-electron chi connectivity index (χ4n) is 1.16. The number of fused-ring (bicyclic) bond motifs is 1. The third kappa shape index (κ3) is 1.13. The maximum Gasteiger partial charge on any atom is 0.280 e. The van der Waals surface area contributed by atoms with Crippen molar-refractivity contribution in [3.05, 3.63) is 34.5 Å². The molecule has 0 atom stereocenters. The molecule has 0 N–H and O–H groups in total. The van der Waals surface area contributed by atoms with Crippen LogP contribution in [0.1, 0.15) is 0 Å². The lowest BCUT2D eigenvalue weighted by Gasteiger charge is -1.92. The first-order chi connectivity index (χ1) is 6.20. The van der Waals surface area contributed by atoms with Crippen molar-refractivity contribution >= 4 is 28.4 Å². The number of nitro groups is 1. The average Bonchev–Trinajstić information content (AvgIpc) is 2.48. The zero-order valence-corrected chi connectivity index (χ0v) is 7.10. The summed E-state index contributed by atoms with van der Waals surface area (Å²) in [6.07, 6.45) is 1.38. The molecule has 1 heterocycles. The van der Waals surface area contributed by atoms with Gasteiger partial charge in [-0.15, -0.1) is 0 Å². The number of nitro benzene ring substituents is 1. The summed E-state index contributed by atoms with van der Waals surface area (Å²) in [5, 5.41) is 14.7. The summed E-state index contributed by atoms with van der Waals surface area (Å²) < 4.78 is 1.09. The maximum absolute atomic E-state index is 10.5. The molecule has 5 nitrogen and oxygen atoms in total. The number of nitrogens with zero attached hydrogens (tertiary/aromatic N) is 3. The number of halogens is 1. The van der Waals surface area contributed by atoms with Crippen molar-refractivity contribution in [3.8, 4) is 0 Å². The first kappa shape index (κ1) is 8.00. The summed E-state index contributed by atoms with van der Waals surface area (Å²) >= 11 is 5.63. The van der Waals surface area contributed by atoms with E-state index in [2.05, 4.69) is 5.10 Å². The molecule has 0 fully saturated rings. The van der Waals surface area contributed by atoms with E-state index in [0.717, 1.165) is 4.20 Å². The van der Waals surface area contributed by atoms with Crippen LogP contribution in [0.2, 0.25) is 0 Å². The van der Waals surface area contributed by atoms with E-state index in [-0.39, 0.29) is 5.69 Å². The van der Waals surface area contributed by atoms with E-state index in [9.17, 15) is 10.1 Å². The highest BCUT2D eigenvalue weighted by atomic mass is 35.5. The van der Waals surface area contributed by atoms with Crippen molar-refractivity contribution < 1.29 is 4.92 Å². The molecule has 0 amide bonds. The Morgan fingerprint density at radius 3 is 3.00 bits per heavy atom. The zero-order chi connectivity index (χ0) is 9.42. The Bertz CT molecular complexity index is 480. The van der Waals surface area contributed by atoms with Crippen molar-refractivity contribution in [2.45, 2.75) is 0 Å². The summed E-state index contributed by atoms with van der Waals surface area (Å²) in [7, 11) is 0. The first-order valence-electron chi connectivity index (χ1n) is 3.47. The average molecular weight is 198 g/mol.